The molecule has 1 amide bonds. The number of ether oxygens (including phenoxy) is 1. The second-order valence-corrected chi connectivity index (χ2v) is 8.51. The topological polar surface area (TPSA) is 113 Å². The highest BCUT2D eigenvalue weighted by molar-refractivity contribution is 6.46. The fourth-order valence-electron chi connectivity index (χ4n) is 4.39. The van der Waals surface area contributed by atoms with E-state index < -0.39 is 22.7 Å². The maximum absolute atomic E-state index is 13.1. The summed E-state index contributed by atoms with van der Waals surface area (Å²) in [5.41, 5.74) is 1.86. The number of carbonyl (C=O) groups excluding carboxylic acids is 2. The molecule has 2 saturated heterocycles. The number of rotatable bonds is 7. The molecule has 0 saturated carbocycles. The first kappa shape index (κ1) is 23.6. The molecule has 0 unspecified atom stereocenters. The molecule has 0 bridgehead atoms. The number of aliphatic hydroxyl groups is 1. The molecule has 9 heteroatoms. The monoisotopic (exact) mass is 465 g/mol. The standard InChI is InChI=1S/C25H27N3O6/c1-17-3-5-19(6-4-17)23(29)21-22(18-7-9-20(10-8-18)28(32)33)27(25(31)24(21)30)12-2-11-26-13-15-34-16-14-26/h3-10,22,29H,2,11-16H2,1H3/t22-/m1/s1. The number of aryl methyl sites for hydroxylation is 1. The summed E-state index contributed by atoms with van der Waals surface area (Å²) in [6.45, 7) is 5.95. The molecule has 0 aromatic heterocycles. The molecule has 2 aliphatic rings. The van der Waals surface area contributed by atoms with Gasteiger partial charge in [0.2, 0.25) is 0 Å². The van der Waals surface area contributed by atoms with E-state index in [2.05, 4.69) is 4.90 Å². The average molecular weight is 466 g/mol. The van der Waals surface area contributed by atoms with Crippen LogP contribution < -0.4 is 0 Å². The van der Waals surface area contributed by atoms with Crippen molar-refractivity contribution in [2.75, 3.05) is 39.4 Å². The van der Waals surface area contributed by atoms with Crippen molar-refractivity contribution >= 4 is 23.1 Å². The number of carbonyl (C=O) groups is 2. The second kappa shape index (κ2) is 10.1. The summed E-state index contributed by atoms with van der Waals surface area (Å²) in [5, 5.41) is 22.2. The van der Waals surface area contributed by atoms with E-state index in [1.165, 1.54) is 29.2 Å². The van der Waals surface area contributed by atoms with Gasteiger partial charge in [-0.3, -0.25) is 24.6 Å². The molecular weight excluding hydrogens is 438 g/mol. The van der Waals surface area contributed by atoms with Crippen LogP contribution in [0.2, 0.25) is 0 Å². The number of likely N-dealkylation sites (tertiary alicyclic amines) is 1. The minimum absolute atomic E-state index is 0.00548. The zero-order chi connectivity index (χ0) is 24.2. The van der Waals surface area contributed by atoms with Crippen LogP contribution in [0.4, 0.5) is 5.69 Å². The highest BCUT2D eigenvalue weighted by atomic mass is 16.6. The van der Waals surface area contributed by atoms with Crippen molar-refractivity contribution in [3.8, 4) is 0 Å². The van der Waals surface area contributed by atoms with Gasteiger partial charge in [0.1, 0.15) is 5.76 Å². The van der Waals surface area contributed by atoms with Gasteiger partial charge in [-0.15, -0.1) is 0 Å². The highest BCUT2D eigenvalue weighted by Gasteiger charge is 2.45. The molecule has 2 heterocycles. The molecule has 1 atom stereocenters. The first-order valence-electron chi connectivity index (χ1n) is 11.3. The molecule has 34 heavy (non-hydrogen) atoms. The number of benzene rings is 2. The number of non-ortho nitro benzene ring substituents is 1. The van der Waals surface area contributed by atoms with Crippen LogP contribution in [0.5, 0.6) is 0 Å². The zero-order valence-corrected chi connectivity index (χ0v) is 19.0. The van der Waals surface area contributed by atoms with Gasteiger partial charge in [-0.05, 0) is 31.0 Å². The number of ketones is 1. The maximum atomic E-state index is 13.1. The largest absolute Gasteiger partial charge is 0.507 e. The average Bonchev–Trinajstić information content (AvgIpc) is 3.10. The Morgan fingerprint density at radius 3 is 2.32 bits per heavy atom. The van der Waals surface area contributed by atoms with E-state index in [1.807, 2.05) is 19.1 Å². The van der Waals surface area contributed by atoms with Gasteiger partial charge in [0, 0.05) is 43.9 Å². The first-order valence-corrected chi connectivity index (χ1v) is 11.3. The maximum Gasteiger partial charge on any atom is 0.295 e. The second-order valence-electron chi connectivity index (χ2n) is 8.51. The summed E-state index contributed by atoms with van der Waals surface area (Å²) in [7, 11) is 0. The summed E-state index contributed by atoms with van der Waals surface area (Å²) < 4.78 is 5.37. The molecule has 178 valence electrons. The smallest absolute Gasteiger partial charge is 0.295 e. The number of hydrogen-bond donors (Lipinski definition) is 1. The molecule has 2 aromatic rings. The van der Waals surface area contributed by atoms with Crippen LogP contribution in [0.1, 0.15) is 29.2 Å². The van der Waals surface area contributed by atoms with Crippen molar-refractivity contribution in [1.29, 1.82) is 0 Å². The van der Waals surface area contributed by atoms with Crippen LogP contribution in [0.15, 0.2) is 54.1 Å². The van der Waals surface area contributed by atoms with Gasteiger partial charge in [0.25, 0.3) is 17.4 Å². The fraction of sp³-hybridized carbons (Fsp3) is 0.360. The SMILES string of the molecule is Cc1ccc(C(O)=C2C(=O)C(=O)N(CCCN3CCOCC3)[C@@H]2c2ccc([N+](=O)[O-])cc2)cc1. The number of nitro benzene ring substituents is 1. The Morgan fingerprint density at radius 1 is 1.06 bits per heavy atom. The number of morpholine rings is 1. The summed E-state index contributed by atoms with van der Waals surface area (Å²) in [6.07, 6.45) is 0.640. The predicted molar refractivity (Wildman–Crippen MR) is 125 cm³/mol. The quantitative estimate of drug-likeness (QED) is 0.220. The van der Waals surface area contributed by atoms with E-state index in [0.29, 0.717) is 37.3 Å². The molecule has 1 N–H and O–H groups in total. The van der Waals surface area contributed by atoms with Crippen LogP contribution in [0, 0.1) is 17.0 Å². The number of nitro groups is 1. The zero-order valence-electron chi connectivity index (χ0n) is 19.0. The molecule has 2 fully saturated rings. The molecule has 9 nitrogen and oxygen atoms in total. The van der Waals surface area contributed by atoms with Gasteiger partial charge >= 0.3 is 0 Å². The fourth-order valence-corrected chi connectivity index (χ4v) is 4.39. The molecule has 0 radical (unpaired) electrons. The third-order valence-corrected chi connectivity index (χ3v) is 6.26. The van der Waals surface area contributed by atoms with E-state index >= 15 is 0 Å². The number of Topliss-reactive ketones (excluding diaryl/α,β-unsaturated/α-hetero) is 1. The van der Waals surface area contributed by atoms with Crippen molar-refractivity contribution in [1.82, 2.24) is 9.80 Å². The molecule has 2 aliphatic heterocycles. The number of nitrogens with zero attached hydrogens (tertiary/aromatic N) is 3. The summed E-state index contributed by atoms with van der Waals surface area (Å²) in [5.74, 6) is -1.69. The van der Waals surface area contributed by atoms with E-state index in [0.717, 1.165) is 25.2 Å². The summed E-state index contributed by atoms with van der Waals surface area (Å²) >= 11 is 0. The number of aliphatic hydroxyl groups excluding tert-OH is 1. The lowest BCUT2D eigenvalue weighted by Gasteiger charge is -2.29. The summed E-state index contributed by atoms with van der Waals surface area (Å²) in [6, 6.07) is 11.9. The number of hydrogen-bond acceptors (Lipinski definition) is 7. The molecule has 4 rings (SSSR count). The Kier molecular flexibility index (Phi) is 7.04. The lowest BCUT2D eigenvalue weighted by molar-refractivity contribution is -0.384. The Balaban J connectivity index is 1.68. The van der Waals surface area contributed by atoms with Gasteiger partial charge in [0.15, 0.2) is 0 Å². The van der Waals surface area contributed by atoms with E-state index in [1.54, 1.807) is 12.1 Å². The Labute approximate surface area is 197 Å². The van der Waals surface area contributed by atoms with Crippen molar-refractivity contribution in [2.45, 2.75) is 19.4 Å². The van der Waals surface area contributed by atoms with Crippen LogP contribution >= 0.6 is 0 Å². The Morgan fingerprint density at radius 2 is 1.71 bits per heavy atom. The van der Waals surface area contributed by atoms with Gasteiger partial charge in [-0.1, -0.05) is 29.8 Å². The normalized spacial score (nSPS) is 20.6. The third kappa shape index (κ3) is 4.85. The molecule has 0 aliphatic carbocycles. The van der Waals surface area contributed by atoms with Crippen LogP contribution in [-0.4, -0.2) is 70.9 Å². The number of amides is 1. The van der Waals surface area contributed by atoms with Gasteiger partial charge < -0.3 is 14.7 Å². The predicted octanol–water partition coefficient (Wildman–Crippen LogP) is 3.05. The van der Waals surface area contributed by atoms with E-state index in [4.69, 9.17) is 4.74 Å². The minimum atomic E-state index is -0.827. The van der Waals surface area contributed by atoms with Gasteiger partial charge in [-0.2, -0.15) is 0 Å². The van der Waals surface area contributed by atoms with Crippen molar-refractivity contribution < 1.29 is 24.4 Å². The third-order valence-electron chi connectivity index (χ3n) is 6.26. The summed E-state index contributed by atoms with van der Waals surface area (Å²) in [4.78, 5) is 40.4. The minimum Gasteiger partial charge on any atom is -0.507 e. The van der Waals surface area contributed by atoms with Gasteiger partial charge in [0.05, 0.1) is 29.8 Å². The van der Waals surface area contributed by atoms with Gasteiger partial charge in [-0.25, -0.2) is 0 Å². The van der Waals surface area contributed by atoms with Crippen LogP contribution in [-0.2, 0) is 14.3 Å². The molecule has 2 aromatic carbocycles. The molecule has 0 spiro atoms. The van der Waals surface area contributed by atoms with E-state index in [9.17, 15) is 24.8 Å². The first-order chi connectivity index (χ1) is 16.4. The van der Waals surface area contributed by atoms with Crippen LogP contribution in [0.3, 0.4) is 0 Å². The Bertz CT molecular complexity index is 1100. The highest BCUT2D eigenvalue weighted by Crippen LogP contribution is 2.39. The molecular formula is C25H27N3O6. The Hall–Kier alpha value is -3.56. The van der Waals surface area contributed by atoms with Crippen molar-refractivity contribution in [2.24, 2.45) is 0 Å². The lowest BCUT2D eigenvalue weighted by atomic mass is 9.95. The van der Waals surface area contributed by atoms with Crippen LogP contribution in [0.25, 0.3) is 5.76 Å². The van der Waals surface area contributed by atoms with Crippen molar-refractivity contribution in [3.63, 3.8) is 0 Å². The lowest BCUT2D eigenvalue weighted by Crippen LogP contribution is -2.38. The van der Waals surface area contributed by atoms with E-state index in [-0.39, 0.29) is 17.0 Å². The van der Waals surface area contributed by atoms with Crippen molar-refractivity contribution in [3.05, 3.63) is 80.9 Å².